The first-order valence-corrected chi connectivity index (χ1v) is 25.2. The van der Waals surface area contributed by atoms with Crippen LogP contribution in [-0.2, 0) is 0 Å². The van der Waals surface area contributed by atoms with Crippen molar-refractivity contribution in [1.29, 1.82) is 0 Å². The molecule has 0 radical (unpaired) electrons. The summed E-state index contributed by atoms with van der Waals surface area (Å²) in [6.07, 6.45) is 53.8. The molecule has 15 rings (SSSR count). The Morgan fingerprint density at radius 3 is 1.11 bits per heavy atom. The highest BCUT2D eigenvalue weighted by Crippen LogP contribution is 1.91. The number of hydrogen-bond acceptors (Lipinski definition) is 24. The van der Waals surface area contributed by atoms with E-state index in [1.54, 1.807) is 177 Å². The van der Waals surface area contributed by atoms with Crippen molar-refractivity contribution < 1.29 is 13.4 Å². The van der Waals surface area contributed by atoms with E-state index in [0.717, 1.165) is 0 Å². The molecule has 410 valence electrons. The number of aromatic amines is 4. The van der Waals surface area contributed by atoms with Gasteiger partial charge in [0, 0.05) is 122 Å². The predicted octanol–water partition coefficient (Wildman–Crippen LogP) is 10.7. The highest BCUT2D eigenvalue weighted by Gasteiger charge is 1.66. The number of thiazole rings is 1. The summed E-state index contributed by atoms with van der Waals surface area (Å²) >= 11 is 4.78. The largest absolute Gasteiger partial charge is 0.473 e. The maximum atomic E-state index is 4.58. The van der Waals surface area contributed by atoms with Crippen LogP contribution in [0.25, 0.3) is 0 Å². The third-order valence-corrected chi connectivity index (χ3v) is 7.96. The summed E-state index contributed by atoms with van der Waals surface area (Å²) in [5.41, 5.74) is 1.79. The molecular formula is C52H56N22O3S3. The quantitative estimate of drug-likeness (QED) is 0.110. The van der Waals surface area contributed by atoms with Gasteiger partial charge in [0.1, 0.15) is 50.5 Å². The Hall–Kier alpha value is -11.1. The molecule has 0 aliphatic heterocycles. The maximum Gasteiger partial charge on any atom is 0.180 e. The average Bonchev–Trinajstić information content (AvgIpc) is 4.41. The normalized spacial score (nSPS) is 8.00. The first-order valence-electron chi connectivity index (χ1n) is 22.5. The number of H-pyrrole nitrogens is 4. The van der Waals surface area contributed by atoms with Crippen LogP contribution in [-0.4, -0.2) is 110 Å². The summed E-state index contributed by atoms with van der Waals surface area (Å²) in [4.78, 5) is 55.8. The van der Waals surface area contributed by atoms with Gasteiger partial charge in [0.15, 0.2) is 6.39 Å². The number of hydrogen-bond donors (Lipinski definition) is 4. The summed E-state index contributed by atoms with van der Waals surface area (Å²) in [7, 11) is 0. The molecule has 80 heavy (non-hydrogen) atoms. The molecule has 4 N–H and O–H groups in total. The standard InChI is InChI=1S/C5H5N.3C4H4N2.C4H5N.C4H4O.C4H4S.C3H3N3.2C3H4N2.2C3H3NO.2C3H3NS.C2H3N3/c1-2-4-6-5-3-1;1-2-6-4-3-5-1;1-2-5-4-6-3-1;1-2-4-6-5-3-1;3*1-2-4-5-3-1;1-4-2-6-3-5-1;3*1-2-5-3-4-1;1-2-4-5-3-1;1-2-5-3-4-1;1-2-4-5-3-1;1-3-2-5-4-1/h1-5H;3*1-4H;1-5H;2*1-4H;1-3H;2*1-3H,(H,4,5);4*1-3H;1-2H,(H,3,4,5). The van der Waals surface area contributed by atoms with Crippen LogP contribution in [0.1, 0.15) is 0 Å². The minimum Gasteiger partial charge on any atom is -0.473 e. The zero-order chi connectivity index (χ0) is 56.6. The third-order valence-electron chi connectivity index (χ3n) is 6.28. The van der Waals surface area contributed by atoms with Gasteiger partial charge in [-0.1, -0.05) is 23.4 Å². The number of pyridine rings is 1. The zero-order valence-corrected chi connectivity index (χ0v) is 45.0. The fraction of sp³-hybridized carbons (Fsp3) is 0. The molecule has 0 bridgehead atoms. The van der Waals surface area contributed by atoms with Gasteiger partial charge in [-0.15, -0.1) is 11.3 Å². The number of nitrogens with zero attached hydrogens (tertiary/aromatic N) is 18. The lowest BCUT2D eigenvalue weighted by Gasteiger charge is -1.70. The zero-order valence-electron chi connectivity index (χ0n) is 42.5. The molecule has 0 saturated carbocycles. The van der Waals surface area contributed by atoms with E-state index in [0.29, 0.717) is 0 Å². The van der Waals surface area contributed by atoms with Gasteiger partial charge in [-0.05, 0) is 89.0 Å². The Kier molecular flexibility index (Phi) is 53.5. The molecule has 15 aromatic rings. The predicted molar refractivity (Wildman–Crippen MR) is 305 cm³/mol. The Balaban J connectivity index is 0.000000429. The molecule has 0 amide bonds. The number of imidazole rings is 2. The van der Waals surface area contributed by atoms with Crippen molar-refractivity contribution in [1.82, 2.24) is 110 Å². The molecule has 28 heteroatoms. The van der Waals surface area contributed by atoms with Gasteiger partial charge in [0.25, 0.3) is 0 Å². The van der Waals surface area contributed by atoms with E-state index in [-0.39, 0.29) is 0 Å². The van der Waals surface area contributed by atoms with Crippen molar-refractivity contribution in [2.45, 2.75) is 0 Å². The molecule has 0 saturated heterocycles. The van der Waals surface area contributed by atoms with Crippen LogP contribution >= 0.6 is 34.2 Å². The van der Waals surface area contributed by atoms with E-state index in [9.17, 15) is 0 Å². The van der Waals surface area contributed by atoms with Crippen molar-refractivity contribution in [2.75, 3.05) is 0 Å². The first-order chi connectivity index (χ1) is 40.0. The van der Waals surface area contributed by atoms with Gasteiger partial charge in [-0.3, -0.25) is 25.0 Å². The third kappa shape index (κ3) is 61.2. The van der Waals surface area contributed by atoms with Gasteiger partial charge in [-0.25, -0.2) is 49.2 Å². The van der Waals surface area contributed by atoms with Gasteiger partial charge in [0.05, 0.1) is 43.1 Å². The molecule has 0 aliphatic rings. The smallest absolute Gasteiger partial charge is 0.180 e. The van der Waals surface area contributed by atoms with Crippen molar-refractivity contribution in [3.8, 4) is 0 Å². The van der Waals surface area contributed by atoms with Crippen molar-refractivity contribution in [3.05, 3.63) is 318 Å². The van der Waals surface area contributed by atoms with E-state index >= 15 is 0 Å². The SMILES string of the molecule is c1c[nH]cn1.c1c[nH]cn1.c1cc[nH]c1.c1ccncc1.c1ccnnc1.c1ccoc1.c1ccsc1.c1cnccn1.c1cncnc1.c1cnoc1.c1cnsc1.c1cocn1.c1cscn1.c1nc[nH]n1.c1ncncn1. The van der Waals surface area contributed by atoms with Crippen LogP contribution in [0, 0.1) is 0 Å². The van der Waals surface area contributed by atoms with E-state index in [4.69, 9.17) is 0 Å². The van der Waals surface area contributed by atoms with Crippen LogP contribution in [0.5, 0.6) is 0 Å². The van der Waals surface area contributed by atoms with Crippen LogP contribution in [0.4, 0.5) is 0 Å². The van der Waals surface area contributed by atoms with Crippen LogP contribution in [0.3, 0.4) is 0 Å². The number of nitrogens with one attached hydrogen (secondary N) is 4. The lowest BCUT2D eigenvalue weighted by Crippen LogP contribution is -1.73. The van der Waals surface area contributed by atoms with E-state index in [2.05, 4.69) is 123 Å². The molecule has 15 heterocycles. The molecule has 0 aromatic carbocycles. The molecule has 0 unspecified atom stereocenters. The first kappa shape index (κ1) is 66.9. The summed E-state index contributed by atoms with van der Waals surface area (Å²) in [6.45, 7) is 0. The minimum absolute atomic E-state index is 1.38. The second-order valence-electron chi connectivity index (χ2n) is 11.9. The highest BCUT2D eigenvalue weighted by atomic mass is 32.1. The van der Waals surface area contributed by atoms with Gasteiger partial charge in [0.2, 0.25) is 0 Å². The number of oxazole rings is 1. The summed E-state index contributed by atoms with van der Waals surface area (Å²) < 4.78 is 17.2. The van der Waals surface area contributed by atoms with Crippen molar-refractivity contribution >= 4 is 34.2 Å². The van der Waals surface area contributed by atoms with E-state index < -0.39 is 0 Å². The number of furan rings is 1. The molecule has 25 nitrogen and oxygen atoms in total. The summed E-state index contributed by atoms with van der Waals surface area (Å²) in [6, 6.07) is 26.4. The van der Waals surface area contributed by atoms with Gasteiger partial charge in [-0.2, -0.15) is 26.6 Å². The van der Waals surface area contributed by atoms with Crippen molar-refractivity contribution in [2.24, 2.45) is 0 Å². The fourth-order valence-electron chi connectivity index (χ4n) is 3.31. The average molecular weight is 1130 g/mol. The topological polar surface area (TPSA) is 335 Å². The number of thiophene rings is 1. The van der Waals surface area contributed by atoms with Crippen LogP contribution in [0.2, 0.25) is 0 Å². The highest BCUT2D eigenvalue weighted by molar-refractivity contribution is 7.07. The molecule has 0 spiro atoms. The minimum atomic E-state index is 1.38. The second kappa shape index (κ2) is 64.0. The maximum absolute atomic E-state index is 4.58. The summed E-state index contributed by atoms with van der Waals surface area (Å²) in [5.74, 6) is 0. The molecule has 0 fully saturated rings. The lowest BCUT2D eigenvalue weighted by atomic mass is 10.5. The van der Waals surface area contributed by atoms with Crippen molar-refractivity contribution in [3.63, 3.8) is 0 Å². The molecule has 15 aromatic heterocycles. The summed E-state index contributed by atoms with van der Waals surface area (Å²) in [5, 5.41) is 24.3. The second-order valence-corrected chi connectivity index (χ2v) is 14.2. The van der Waals surface area contributed by atoms with Crippen LogP contribution < -0.4 is 0 Å². The number of aromatic nitrogens is 22. The molecule has 0 atom stereocenters. The van der Waals surface area contributed by atoms with Gasteiger partial charge < -0.3 is 28.3 Å². The van der Waals surface area contributed by atoms with Crippen LogP contribution in [0.15, 0.2) is 331 Å². The monoisotopic (exact) mass is 1130 g/mol. The number of rotatable bonds is 0. The fourth-order valence-corrected chi connectivity index (χ4v) is 4.46. The lowest BCUT2D eigenvalue weighted by molar-refractivity contribution is 0.420. The Morgan fingerprint density at radius 2 is 0.938 bits per heavy atom. The molecule has 0 aliphatic carbocycles. The van der Waals surface area contributed by atoms with Gasteiger partial charge >= 0.3 is 0 Å². The Labute approximate surface area is 472 Å². The Morgan fingerprint density at radius 1 is 0.312 bits per heavy atom. The Bertz CT molecular complexity index is 2050. The van der Waals surface area contributed by atoms with E-state index in [1.807, 2.05) is 107 Å². The van der Waals surface area contributed by atoms with E-state index in [1.165, 1.54) is 68.4 Å². The molecular weight excluding hydrogens is 1080 g/mol.